The summed E-state index contributed by atoms with van der Waals surface area (Å²) in [7, 11) is 1.67. The van der Waals surface area contributed by atoms with E-state index in [1.54, 1.807) is 7.11 Å². The Morgan fingerprint density at radius 3 is 2.46 bits per heavy atom. The van der Waals surface area contributed by atoms with Crippen LogP contribution in [-0.2, 0) is 22.4 Å². The molecule has 2 rings (SSSR count). The summed E-state index contributed by atoms with van der Waals surface area (Å²) in [4.78, 5) is 11.7. The van der Waals surface area contributed by atoms with Crippen LogP contribution in [0.3, 0.4) is 0 Å². The summed E-state index contributed by atoms with van der Waals surface area (Å²) < 4.78 is 11.1. The SMILES string of the molecule is CCc1ccc(-c2ccc(CCC(=O)NC(=N)N)cc2OCCCOC)cc1. The monoisotopic (exact) mass is 383 g/mol. The number of benzene rings is 2. The molecule has 0 aliphatic carbocycles. The minimum Gasteiger partial charge on any atom is -0.493 e. The van der Waals surface area contributed by atoms with Gasteiger partial charge in [-0.15, -0.1) is 0 Å². The van der Waals surface area contributed by atoms with E-state index in [-0.39, 0.29) is 18.3 Å². The minimum absolute atomic E-state index is 0.257. The summed E-state index contributed by atoms with van der Waals surface area (Å²) in [5, 5.41) is 9.42. The minimum atomic E-state index is -0.335. The van der Waals surface area contributed by atoms with Gasteiger partial charge in [-0.3, -0.25) is 15.5 Å². The molecule has 0 fully saturated rings. The molecule has 0 aliphatic heterocycles. The molecule has 28 heavy (non-hydrogen) atoms. The molecule has 0 bridgehead atoms. The van der Waals surface area contributed by atoms with Crippen LogP contribution in [0.15, 0.2) is 42.5 Å². The normalized spacial score (nSPS) is 10.5. The third-order valence-corrected chi connectivity index (χ3v) is 4.38. The maximum absolute atomic E-state index is 11.7. The van der Waals surface area contributed by atoms with E-state index < -0.39 is 0 Å². The molecule has 6 nitrogen and oxygen atoms in total. The van der Waals surface area contributed by atoms with E-state index in [4.69, 9.17) is 20.6 Å². The van der Waals surface area contributed by atoms with E-state index in [0.717, 1.165) is 35.3 Å². The molecular formula is C22H29N3O3. The van der Waals surface area contributed by atoms with Gasteiger partial charge in [-0.1, -0.05) is 43.3 Å². The molecule has 0 unspecified atom stereocenters. The van der Waals surface area contributed by atoms with Crippen molar-refractivity contribution in [3.8, 4) is 16.9 Å². The van der Waals surface area contributed by atoms with Gasteiger partial charge in [0.1, 0.15) is 5.75 Å². The van der Waals surface area contributed by atoms with Crippen molar-refractivity contribution in [2.24, 2.45) is 5.73 Å². The Morgan fingerprint density at radius 2 is 1.82 bits per heavy atom. The van der Waals surface area contributed by atoms with Crippen LogP contribution >= 0.6 is 0 Å². The van der Waals surface area contributed by atoms with Crippen LogP contribution in [0.1, 0.15) is 30.9 Å². The van der Waals surface area contributed by atoms with Crippen molar-refractivity contribution >= 4 is 11.9 Å². The van der Waals surface area contributed by atoms with Gasteiger partial charge in [0.25, 0.3) is 0 Å². The van der Waals surface area contributed by atoms with Gasteiger partial charge in [0, 0.05) is 32.1 Å². The van der Waals surface area contributed by atoms with Crippen LogP contribution in [0.4, 0.5) is 0 Å². The molecule has 150 valence electrons. The number of methoxy groups -OCH3 is 1. The molecule has 2 aromatic carbocycles. The standard InChI is InChI=1S/C22H29N3O3/c1-3-16-5-9-18(10-6-16)19-11-7-17(8-12-21(26)25-22(23)24)15-20(19)28-14-4-13-27-2/h5-7,9-11,15H,3-4,8,12-14H2,1-2H3,(H4,23,24,25,26). The molecule has 2 aromatic rings. The predicted molar refractivity (Wildman–Crippen MR) is 112 cm³/mol. The molecule has 0 saturated carbocycles. The Hall–Kier alpha value is -2.86. The van der Waals surface area contributed by atoms with Gasteiger partial charge < -0.3 is 15.2 Å². The highest BCUT2D eigenvalue weighted by Crippen LogP contribution is 2.32. The molecule has 0 radical (unpaired) electrons. The highest BCUT2D eigenvalue weighted by Gasteiger charge is 2.10. The van der Waals surface area contributed by atoms with Gasteiger partial charge in [0.15, 0.2) is 5.96 Å². The number of carbonyl (C=O) groups is 1. The van der Waals surface area contributed by atoms with Crippen LogP contribution in [0.5, 0.6) is 5.75 Å². The zero-order chi connectivity index (χ0) is 20.4. The zero-order valence-corrected chi connectivity index (χ0v) is 16.6. The molecule has 4 N–H and O–H groups in total. The van der Waals surface area contributed by atoms with E-state index in [1.165, 1.54) is 5.56 Å². The van der Waals surface area contributed by atoms with E-state index >= 15 is 0 Å². The number of hydrogen-bond donors (Lipinski definition) is 3. The summed E-state index contributed by atoms with van der Waals surface area (Å²) in [6, 6.07) is 14.5. The van der Waals surface area contributed by atoms with Gasteiger partial charge in [-0.2, -0.15) is 0 Å². The largest absolute Gasteiger partial charge is 0.493 e. The number of rotatable bonds is 10. The fraction of sp³-hybridized carbons (Fsp3) is 0.364. The number of nitrogens with one attached hydrogen (secondary N) is 2. The number of amides is 1. The summed E-state index contributed by atoms with van der Waals surface area (Å²) in [6.07, 6.45) is 2.60. The van der Waals surface area contributed by atoms with Crippen molar-refractivity contribution < 1.29 is 14.3 Å². The van der Waals surface area contributed by atoms with Crippen molar-refractivity contribution in [1.29, 1.82) is 5.41 Å². The number of ether oxygens (including phenoxy) is 2. The van der Waals surface area contributed by atoms with Gasteiger partial charge in [0.05, 0.1) is 6.61 Å². The highest BCUT2D eigenvalue weighted by atomic mass is 16.5. The van der Waals surface area contributed by atoms with E-state index in [9.17, 15) is 4.79 Å². The average molecular weight is 383 g/mol. The third kappa shape index (κ3) is 6.70. The third-order valence-electron chi connectivity index (χ3n) is 4.38. The molecule has 0 atom stereocenters. The lowest BCUT2D eigenvalue weighted by molar-refractivity contribution is -0.119. The first-order valence-electron chi connectivity index (χ1n) is 9.51. The first-order valence-corrected chi connectivity index (χ1v) is 9.51. The first kappa shape index (κ1) is 21.4. The van der Waals surface area contributed by atoms with E-state index in [1.807, 2.05) is 18.2 Å². The summed E-state index contributed by atoms with van der Waals surface area (Å²) >= 11 is 0. The lowest BCUT2D eigenvalue weighted by atomic mass is 9.99. The fourth-order valence-electron chi connectivity index (χ4n) is 2.86. The highest BCUT2D eigenvalue weighted by molar-refractivity contribution is 5.94. The quantitative estimate of drug-likeness (QED) is 0.333. The summed E-state index contributed by atoms with van der Waals surface area (Å²) in [5.41, 5.74) is 9.60. The van der Waals surface area contributed by atoms with Gasteiger partial charge >= 0.3 is 0 Å². The van der Waals surface area contributed by atoms with Crippen LogP contribution in [0.25, 0.3) is 11.1 Å². The summed E-state index contributed by atoms with van der Waals surface area (Å²) in [6.45, 7) is 3.34. The Balaban J connectivity index is 2.17. The Morgan fingerprint density at radius 1 is 1.11 bits per heavy atom. The Bertz CT molecular complexity index is 788. The van der Waals surface area contributed by atoms with Gasteiger partial charge in [-0.25, -0.2) is 0 Å². The lowest BCUT2D eigenvalue weighted by Crippen LogP contribution is -2.35. The number of hydrogen-bond acceptors (Lipinski definition) is 4. The number of aryl methyl sites for hydroxylation is 2. The second kappa shape index (κ2) is 11.1. The Kier molecular flexibility index (Phi) is 8.49. The molecule has 0 heterocycles. The molecule has 0 saturated heterocycles. The van der Waals surface area contributed by atoms with Crippen LogP contribution in [0, 0.1) is 5.41 Å². The molecule has 0 aliphatic rings. The average Bonchev–Trinajstić information content (AvgIpc) is 2.69. The van der Waals surface area contributed by atoms with Crippen LogP contribution in [-0.4, -0.2) is 32.2 Å². The molecule has 0 spiro atoms. The first-order chi connectivity index (χ1) is 13.5. The van der Waals surface area contributed by atoms with Crippen molar-refractivity contribution in [2.45, 2.75) is 32.6 Å². The van der Waals surface area contributed by atoms with E-state index in [0.29, 0.717) is 19.6 Å². The molecule has 1 amide bonds. The van der Waals surface area contributed by atoms with Gasteiger partial charge in [-0.05, 0) is 35.6 Å². The van der Waals surface area contributed by atoms with Crippen LogP contribution in [0.2, 0.25) is 0 Å². The number of carbonyl (C=O) groups excluding carboxylic acids is 1. The fourth-order valence-corrected chi connectivity index (χ4v) is 2.86. The van der Waals surface area contributed by atoms with Gasteiger partial charge in [0.2, 0.25) is 5.91 Å². The smallest absolute Gasteiger partial charge is 0.226 e. The number of guanidine groups is 1. The molecule has 6 heteroatoms. The molecular weight excluding hydrogens is 354 g/mol. The summed E-state index contributed by atoms with van der Waals surface area (Å²) in [5.74, 6) is 0.192. The second-order valence-electron chi connectivity index (χ2n) is 6.54. The van der Waals surface area contributed by atoms with E-state index in [2.05, 4.69) is 36.5 Å². The van der Waals surface area contributed by atoms with Crippen molar-refractivity contribution in [1.82, 2.24) is 5.32 Å². The van der Waals surface area contributed by atoms with Crippen molar-refractivity contribution in [3.63, 3.8) is 0 Å². The van der Waals surface area contributed by atoms with Crippen LogP contribution < -0.4 is 15.8 Å². The predicted octanol–water partition coefficient (Wildman–Crippen LogP) is 3.27. The van der Waals surface area contributed by atoms with Crippen molar-refractivity contribution in [2.75, 3.05) is 20.3 Å². The lowest BCUT2D eigenvalue weighted by Gasteiger charge is -2.14. The number of nitrogens with two attached hydrogens (primary N) is 1. The zero-order valence-electron chi connectivity index (χ0n) is 16.6. The maximum atomic E-state index is 11.7. The topological polar surface area (TPSA) is 97.4 Å². The second-order valence-corrected chi connectivity index (χ2v) is 6.54. The maximum Gasteiger partial charge on any atom is 0.226 e. The Labute approximate surface area is 166 Å². The molecule has 0 aromatic heterocycles. The van der Waals surface area contributed by atoms with Crippen molar-refractivity contribution in [3.05, 3.63) is 53.6 Å².